The molecular weight excluding hydrogens is 402 g/mol. The number of carbonyl (C=O) groups excluding carboxylic acids is 1. The number of nitrogens with zero attached hydrogens (tertiary/aromatic N) is 2. The summed E-state index contributed by atoms with van der Waals surface area (Å²) in [5.41, 5.74) is 4.49. The topological polar surface area (TPSA) is 82.5 Å². The van der Waals surface area contributed by atoms with Gasteiger partial charge in [0, 0.05) is 37.3 Å². The summed E-state index contributed by atoms with van der Waals surface area (Å²) in [5.74, 6) is -1.15. The van der Waals surface area contributed by atoms with E-state index in [1.54, 1.807) is 0 Å². The summed E-state index contributed by atoms with van der Waals surface area (Å²) in [7, 11) is 3.97. The van der Waals surface area contributed by atoms with Crippen LogP contribution in [0.2, 0.25) is 0 Å². The molecule has 3 rings (SSSR count). The third-order valence-corrected chi connectivity index (χ3v) is 5.61. The molecule has 32 heavy (non-hydrogen) atoms. The third kappa shape index (κ3) is 6.06. The molecule has 0 radical (unpaired) electrons. The van der Waals surface area contributed by atoms with Crippen molar-refractivity contribution in [1.29, 1.82) is 0 Å². The van der Waals surface area contributed by atoms with Crippen LogP contribution in [0.5, 0.6) is 0 Å². The van der Waals surface area contributed by atoms with Crippen LogP contribution in [-0.4, -0.2) is 36.1 Å². The number of benzene rings is 2. The maximum atomic E-state index is 13.4. The van der Waals surface area contributed by atoms with Crippen LogP contribution in [0.1, 0.15) is 49.3 Å². The number of fused-ring (bicyclic) bond motifs is 1. The lowest BCUT2D eigenvalue weighted by Crippen LogP contribution is -2.22. The van der Waals surface area contributed by atoms with Crippen LogP contribution in [0, 0.1) is 6.92 Å². The number of carboxylic acids is 1. The molecule has 0 bridgehead atoms. The minimum atomic E-state index is -0.779. The van der Waals surface area contributed by atoms with Crippen molar-refractivity contribution in [2.75, 3.05) is 24.3 Å². The smallest absolute Gasteiger partial charge is 0.303 e. The first-order valence-corrected chi connectivity index (χ1v) is 11.0. The van der Waals surface area contributed by atoms with Gasteiger partial charge in [-0.1, -0.05) is 43.2 Å². The normalized spacial score (nSPS) is 11.8. The second-order valence-electron chi connectivity index (χ2n) is 8.35. The Morgan fingerprint density at radius 1 is 1.03 bits per heavy atom. The van der Waals surface area contributed by atoms with Crippen molar-refractivity contribution in [1.82, 2.24) is 4.98 Å². The summed E-state index contributed by atoms with van der Waals surface area (Å²) in [6, 6.07) is 17.7. The molecular formula is C26H31N3O3. The molecule has 0 aliphatic carbocycles. The first-order chi connectivity index (χ1) is 15.3. The Bertz CT molecular complexity index is 1080. The van der Waals surface area contributed by atoms with E-state index in [1.807, 2.05) is 80.5 Å². The monoisotopic (exact) mass is 433 g/mol. The minimum absolute atomic E-state index is 0.0587. The largest absolute Gasteiger partial charge is 0.481 e. The molecule has 3 aromatic rings. The van der Waals surface area contributed by atoms with Crippen LogP contribution >= 0.6 is 0 Å². The predicted molar refractivity (Wildman–Crippen MR) is 129 cm³/mol. The standard InChI is InChI=1S/C26H31N3O3/c1-18-17-24(22-10-7-8-11-23(22)27-18)28-26(32)21(9-5-4-6-12-25(30)31)19-13-15-20(16-14-19)29(2)3/h7-8,10-11,13-17,21H,4-6,9,12H2,1-3H3,(H,30,31)(H,27,28,32)/t21-/m0/s1. The van der Waals surface area contributed by atoms with Gasteiger partial charge in [-0.15, -0.1) is 0 Å². The Labute approximate surface area is 189 Å². The molecule has 6 heteroatoms. The molecule has 0 spiro atoms. The molecule has 0 aliphatic rings. The van der Waals surface area contributed by atoms with Gasteiger partial charge in [-0.2, -0.15) is 0 Å². The molecule has 1 aromatic heterocycles. The zero-order valence-electron chi connectivity index (χ0n) is 19.0. The highest BCUT2D eigenvalue weighted by Gasteiger charge is 2.21. The lowest BCUT2D eigenvalue weighted by molar-refractivity contribution is -0.137. The van der Waals surface area contributed by atoms with Gasteiger partial charge in [0.2, 0.25) is 5.91 Å². The van der Waals surface area contributed by atoms with Gasteiger partial charge in [-0.05, 0) is 49.6 Å². The molecule has 0 saturated carbocycles. The number of hydrogen-bond acceptors (Lipinski definition) is 4. The SMILES string of the molecule is Cc1cc(NC(=O)[C@@H](CCCCCC(=O)O)c2ccc(N(C)C)cc2)c2ccccc2n1. The second kappa shape index (κ2) is 10.8. The minimum Gasteiger partial charge on any atom is -0.481 e. The Hall–Kier alpha value is -3.41. The Morgan fingerprint density at radius 3 is 2.44 bits per heavy atom. The highest BCUT2D eigenvalue weighted by molar-refractivity contribution is 6.03. The van der Waals surface area contributed by atoms with Gasteiger partial charge in [0.15, 0.2) is 0 Å². The van der Waals surface area contributed by atoms with Crippen molar-refractivity contribution >= 4 is 34.2 Å². The van der Waals surface area contributed by atoms with Crippen LogP contribution < -0.4 is 10.2 Å². The fraction of sp³-hybridized carbons (Fsp3) is 0.346. The number of amides is 1. The first kappa shape index (κ1) is 23.3. The maximum Gasteiger partial charge on any atom is 0.303 e. The van der Waals surface area contributed by atoms with E-state index >= 15 is 0 Å². The lowest BCUT2D eigenvalue weighted by atomic mass is 9.91. The van der Waals surface area contributed by atoms with Crippen LogP contribution in [0.25, 0.3) is 10.9 Å². The predicted octanol–water partition coefficient (Wildman–Crippen LogP) is 5.37. The number of unbranched alkanes of at least 4 members (excludes halogenated alkanes) is 2. The molecule has 0 aliphatic heterocycles. The zero-order valence-corrected chi connectivity index (χ0v) is 19.0. The number of hydrogen-bond donors (Lipinski definition) is 2. The van der Waals surface area contributed by atoms with Crippen LogP contribution in [0.15, 0.2) is 54.6 Å². The number of aromatic nitrogens is 1. The zero-order chi connectivity index (χ0) is 23.1. The fourth-order valence-electron chi connectivity index (χ4n) is 3.89. The number of aliphatic carboxylic acids is 1. The average Bonchev–Trinajstić information content (AvgIpc) is 2.76. The number of rotatable bonds is 10. The van der Waals surface area contributed by atoms with Gasteiger partial charge < -0.3 is 15.3 Å². The summed E-state index contributed by atoms with van der Waals surface area (Å²) in [6.07, 6.45) is 3.02. The molecule has 0 unspecified atom stereocenters. The number of para-hydroxylation sites is 1. The lowest BCUT2D eigenvalue weighted by Gasteiger charge is -2.20. The van der Waals surface area contributed by atoms with Crippen molar-refractivity contribution in [3.63, 3.8) is 0 Å². The van der Waals surface area contributed by atoms with Crippen molar-refractivity contribution in [2.45, 2.75) is 44.9 Å². The van der Waals surface area contributed by atoms with Crippen molar-refractivity contribution < 1.29 is 14.7 Å². The highest BCUT2D eigenvalue weighted by atomic mass is 16.4. The van der Waals surface area contributed by atoms with E-state index < -0.39 is 5.97 Å². The molecule has 0 saturated heterocycles. The first-order valence-electron chi connectivity index (χ1n) is 11.0. The Morgan fingerprint density at radius 2 is 1.75 bits per heavy atom. The van der Waals surface area contributed by atoms with Gasteiger partial charge in [0.05, 0.1) is 17.1 Å². The van der Waals surface area contributed by atoms with E-state index in [4.69, 9.17) is 5.11 Å². The maximum absolute atomic E-state index is 13.4. The second-order valence-corrected chi connectivity index (χ2v) is 8.35. The molecule has 6 nitrogen and oxygen atoms in total. The summed E-state index contributed by atoms with van der Waals surface area (Å²) in [6.45, 7) is 1.92. The highest BCUT2D eigenvalue weighted by Crippen LogP contribution is 2.29. The summed E-state index contributed by atoms with van der Waals surface area (Å²) in [5, 5.41) is 12.9. The van der Waals surface area contributed by atoms with Gasteiger partial charge in [-0.25, -0.2) is 0 Å². The van der Waals surface area contributed by atoms with E-state index in [0.29, 0.717) is 12.8 Å². The number of carbonyl (C=O) groups is 2. The third-order valence-electron chi connectivity index (χ3n) is 5.61. The van der Waals surface area contributed by atoms with Crippen molar-refractivity contribution in [3.05, 3.63) is 65.9 Å². The summed E-state index contributed by atoms with van der Waals surface area (Å²) >= 11 is 0. The molecule has 168 valence electrons. The Kier molecular flexibility index (Phi) is 7.82. The van der Waals surface area contributed by atoms with E-state index in [0.717, 1.165) is 46.4 Å². The van der Waals surface area contributed by atoms with Gasteiger partial charge >= 0.3 is 5.97 Å². The van der Waals surface area contributed by atoms with Crippen molar-refractivity contribution in [3.8, 4) is 0 Å². The number of nitrogens with one attached hydrogen (secondary N) is 1. The molecule has 1 heterocycles. The van der Waals surface area contributed by atoms with Crippen LogP contribution in [-0.2, 0) is 9.59 Å². The molecule has 2 N–H and O–H groups in total. The summed E-state index contributed by atoms with van der Waals surface area (Å²) < 4.78 is 0. The summed E-state index contributed by atoms with van der Waals surface area (Å²) in [4.78, 5) is 30.8. The number of aryl methyl sites for hydroxylation is 1. The van der Waals surface area contributed by atoms with E-state index in [2.05, 4.69) is 10.3 Å². The molecule has 1 amide bonds. The Balaban J connectivity index is 1.82. The quantitative estimate of drug-likeness (QED) is 0.420. The number of pyridine rings is 1. The van der Waals surface area contributed by atoms with Gasteiger partial charge in [-0.3, -0.25) is 14.6 Å². The fourth-order valence-corrected chi connectivity index (χ4v) is 3.89. The van der Waals surface area contributed by atoms with E-state index in [9.17, 15) is 9.59 Å². The molecule has 0 fully saturated rings. The van der Waals surface area contributed by atoms with Crippen LogP contribution in [0.4, 0.5) is 11.4 Å². The van der Waals surface area contributed by atoms with E-state index in [-0.39, 0.29) is 18.2 Å². The molecule has 1 atom stereocenters. The number of carboxylic acid groups (broad SMARTS) is 1. The van der Waals surface area contributed by atoms with E-state index in [1.165, 1.54) is 0 Å². The average molecular weight is 434 g/mol. The van der Waals surface area contributed by atoms with Gasteiger partial charge in [0.1, 0.15) is 0 Å². The molecule has 2 aromatic carbocycles. The van der Waals surface area contributed by atoms with Crippen LogP contribution in [0.3, 0.4) is 0 Å². The van der Waals surface area contributed by atoms with Crippen molar-refractivity contribution in [2.24, 2.45) is 0 Å². The number of anilines is 2. The van der Waals surface area contributed by atoms with Gasteiger partial charge in [0.25, 0.3) is 0 Å².